The summed E-state index contributed by atoms with van der Waals surface area (Å²) in [5, 5.41) is 60.2. The molecule has 0 amide bonds. The zero-order chi connectivity index (χ0) is 36.1. The largest absolute Gasteiger partial charge is 0.507 e. The molecule has 0 bridgehead atoms. The average molecular weight is 682 g/mol. The van der Waals surface area contributed by atoms with Crippen LogP contribution in [0.15, 0.2) is 23.9 Å². The van der Waals surface area contributed by atoms with Gasteiger partial charge in [-0.25, -0.2) is 0 Å². The van der Waals surface area contributed by atoms with Crippen molar-refractivity contribution in [3.8, 4) is 11.5 Å². The molecule has 6 N–H and O–H groups in total. The summed E-state index contributed by atoms with van der Waals surface area (Å²) in [5.74, 6) is -7.05. The second kappa shape index (κ2) is 11.6. The molecule has 1 aliphatic heterocycles. The first-order valence-corrected chi connectivity index (χ1v) is 15.3. The number of aliphatic hydroxyl groups is 3. The minimum Gasteiger partial charge on any atom is -0.507 e. The van der Waals surface area contributed by atoms with E-state index in [1.165, 1.54) is 27.2 Å². The highest BCUT2D eigenvalue weighted by molar-refractivity contribution is 6.31. The second-order valence-corrected chi connectivity index (χ2v) is 12.7. The summed E-state index contributed by atoms with van der Waals surface area (Å²) < 4.78 is 22.0. The number of carbonyl (C=O) groups excluding carboxylic acids is 5. The van der Waals surface area contributed by atoms with E-state index in [4.69, 9.17) is 18.9 Å². The Hall–Kier alpha value is -4.35. The van der Waals surface area contributed by atoms with Gasteiger partial charge in [0, 0.05) is 50.5 Å². The van der Waals surface area contributed by atoms with E-state index in [1.807, 2.05) is 0 Å². The fraction of sp³-hybridized carbons (Fsp3) is 0.441. The Balaban J connectivity index is 1.51. The fourth-order valence-electron chi connectivity index (χ4n) is 7.93. The molecule has 0 radical (unpaired) electrons. The summed E-state index contributed by atoms with van der Waals surface area (Å²) in [6.45, 7) is 4.27. The van der Waals surface area contributed by atoms with Crippen molar-refractivity contribution in [3.05, 3.63) is 68.4 Å². The Labute approximate surface area is 279 Å². The molecule has 1 unspecified atom stereocenters. The van der Waals surface area contributed by atoms with Crippen LogP contribution in [0.1, 0.15) is 82.3 Å². The highest BCUT2D eigenvalue weighted by atomic mass is 16.6. The first kappa shape index (κ1) is 34.5. The number of fused-ring (bicyclic) bond motifs is 5. The van der Waals surface area contributed by atoms with E-state index in [1.54, 1.807) is 6.92 Å². The zero-order valence-electron chi connectivity index (χ0n) is 27.3. The van der Waals surface area contributed by atoms with Crippen molar-refractivity contribution in [2.24, 2.45) is 0 Å². The van der Waals surface area contributed by atoms with E-state index in [9.17, 15) is 49.5 Å². The van der Waals surface area contributed by atoms with Gasteiger partial charge < -0.3 is 49.8 Å². The van der Waals surface area contributed by atoms with Gasteiger partial charge in [-0.15, -0.1) is 0 Å². The summed E-state index contributed by atoms with van der Waals surface area (Å²) in [5.41, 5.74) is -9.53. The van der Waals surface area contributed by atoms with Crippen molar-refractivity contribution in [3.63, 3.8) is 0 Å². The number of aryl methyl sites for hydroxylation is 1. The number of phenolic OH excluding ortho intramolecular Hbond substituents is 2. The molecular weight excluding hydrogens is 646 g/mol. The maximum Gasteiger partial charge on any atom is 0.209 e. The lowest BCUT2D eigenvalue weighted by atomic mass is 9.56. The van der Waals surface area contributed by atoms with Crippen LogP contribution in [0.4, 0.5) is 0 Å². The van der Waals surface area contributed by atoms with Crippen molar-refractivity contribution in [2.45, 2.75) is 75.1 Å². The lowest BCUT2D eigenvalue weighted by molar-refractivity contribution is -0.236. The minimum absolute atomic E-state index is 0.0439. The van der Waals surface area contributed by atoms with Crippen molar-refractivity contribution >= 4 is 28.9 Å². The van der Waals surface area contributed by atoms with Crippen LogP contribution in [0.3, 0.4) is 0 Å². The predicted octanol–water partition coefficient (Wildman–Crippen LogP) is 0.166. The van der Waals surface area contributed by atoms with E-state index in [0.29, 0.717) is 0 Å². The third kappa shape index (κ3) is 4.37. The van der Waals surface area contributed by atoms with Gasteiger partial charge in [0.2, 0.25) is 17.3 Å². The van der Waals surface area contributed by atoms with Crippen LogP contribution in [0, 0.1) is 6.92 Å². The van der Waals surface area contributed by atoms with E-state index in [2.05, 4.69) is 5.32 Å². The van der Waals surface area contributed by atoms with Crippen molar-refractivity contribution in [1.29, 1.82) is 0 Å². The highest BCUT2D eigenvalue weighted by Gasteiger charge is 2.72. The van der Waals surface area contributed by atoms with Crippen molar-refractivity contribution < 1.29 is 68.5 Å². The number of aromatic hydroxyl groups is 2. The average Bonchev–Trinajstić information content (AvgIpc) is 3.02. The molecule has 0 aromatic heterocycles. The molecule has 6 rings (SSSR count). The van der Waals surface area contributed by atoms with E-state index >= 15 is 0 Å². The van der Waals surface area contributed by atoms with Gasteiger partial charge in [0.05, 0.1) is 34.6 Å². The lowest BCUT2D eigenvalue weighted by Crippen LogP contribution is -2.73. The number of phenols is 2. The van der Waals surface area contributed by atoms with E-state index in [-0.39, 0.29) is 22.4 Å². The Morgan fingerprint density at radius 3 is 2.20 bits per heavy atom. The standard InChI is InChI=1S/C34H35NO14/c1-11-7-14-8-19(38)34(48-6)31(44)22-16(30(43)33(34,45)23(14)26(41)20(11)12(2)36)9-15-21(25(22)40)18(37)10-17(24(15)39)35-32-29(47-5)27(42)28(46-4)13(3)49-32/h7,9-10,13,19,27-29,32,35,38,40-42,45H,8H2,1-6H3/t13-,19+,27+,28-,29+,32?,33-,34+/m0/s1. The first-order valence-electron chi connectivity index (χ1n) is 15.3. The molecule has 260 valence electrons. The Bertz CT molecular complexity index is 1900. The molecule has 49 heavy (non-hydrogen) atoms. The van der Waals surface area contributed by atoms with Gasteiger partial charge in [0.15, 0.2) is 29.0 Å². The van der Waals surface area contributed by atoms with Crippen LogP contribution in [0.5, 0.6) is 11.5 Å². The Kier molecular flexibility index (Phi) is 8.19. The number of carbonyl (C=O) groups is 5. The van der Waals surface area contributed by atoms with Crippen LogP contribution in [0.2, 0.25) is 0 Å². The van der Waals surface area contributed by atoms with Gasteiger partial charge in [-0.05, 0) is 38.0 Å². The molecule has 15 nitrogen and oxygen atoms in total. The Morgan fingerprint density at radius 1 is 0.959 bits per heavy atom. The number of Topliss-reactive ketones (excluding diaryl/α,β-unsaturated/α-hetero) is 4. The third-order valence-electron chi connectivity index (χ3n) is 10.1. The number of nitrogens with one attached hydrogen (secondary N) is 1. The molecular formula is C34H35NO14. The SMILES string of the molecule is CO[C@@H]1[C@@H](O)[C@@H](OC)C(NC2=CC(=O)c3c(cc4c(c3O)C(=O)[C@]3(OC)[C@H](O)Cc5cc(C)c(C(C)=O)c(O)c5[C@]3(O)C4=O)C2=O)O[C@H]1C. The van der Waals surface area contributed by atoms with Crippen LogP contribution >= 0.6 is 0 Å². The molecule has 2 aromatic carbocycles. The molecule has 1 heterocycles. The van der Waals surface area contributed by atoms with Gasteiger partial charge in [0.1, 0.15) is 29.8 Å². The zero-order valence-corrected chi connectivity index (χ0v) is 27.3. The predicted molar refractivity (Wildman–Crippen MR) is 165 cm³/mol. The van der Waals surface area contributed by atoms with Gasteiger partial charge in [-0.1, -0.05) is 6.07 Å². The number of hydrogen-bond acceptors (Lipinski definition) is 15. The maximum absolute atomic E-state index is 14.5. The van der Waals surface area contributed by atoms with Crippen LogP contribution in [-0.4, -0.2) is 118 Å². The molecule has 4 aliphatic rings. The summed E-state index contributed by atoms with van der Waals surface area (Å²) in [6, 6.07) is 2.26. The van der Waals surface area contributed by atoms with Crippen LogP contribution < -0.4 is 5.32 Å². The molecule has 0 saturated carbocycles. The smallest absolute Gasteiger partial charge is 0.209 e. The first-order chi connectivity index (χ1) is 23.0. The second-order valence-electron chi connectivity index (χ2n) is 12.7. The number of aliphatic hydroxyl groups excluding tert-OH is 2. The summed E-state index contributed by atoms with van der Waals surface area (Å²) in [7, 11) is 3.61. The fourth-order valence-corrected chi connectivity index (χ4v) is 7.93. The highest BCUT2D eigenvalue weighted by Crippen LogP contribution is 2.56. The van der Waals surface area contributed by atoms with Gasteiger partial charge in [-0.3, -0.25) is 24.0 Å². The number of ketones is 5. The normalized spacial score (nSPS) is 32.1. The number of benzene rings is 2. The third-order valence-corrected chi connectivity index (χ3v) is 10.1. The number of methoxy groups -OCH3 is 3. The van der Waals surface area contributed by atoms with E-state index < -0.39 is 123 Å². The van der Waals surface area contributed by atoms with Gasteiger partial charge >= 0.3 is 0 Å². The quantitative estimate of drug-likeness (QED) is 0.223. The summed E-state index contributed by atoms with van der Waals surface area (Å²) >= 11 is 0. The molecule has 1 saturated heterocycles. The van der Waals surface area contributed by atoms with Gasteiger partial charge in [-0.2, -0.15) is 0 Å². The minimum atomic E-state index is -3.17. The number of rotatable bonds is 6. The molecule has 0 spiro atoms. The molecule has 2 aromatic rings. The van der Waals surface area contributed by atoms with E-state index in [0.717, 1.165) is 26.2 Å². The molecule has 1 fully saturated rings. The lowest BCUT2D eigenvalue weighted by Gasteiger charge is -2.53. The topological polar surface area (TPSA) is 235 Å². The molecule has 15 heteroatoms. The summed E-state index contributed by atoms with van der Waals surface area (Å²) in [6.07, 6.45) is -6.43. The monoisotopic (exact) mass is 681 g/mol. The number of allylic oxidation sites excluding steroid dienone is 2. The van der Waals surface area contributed by atoms with Gasteiger partial charge in [0.25, 0.3) is 0 Å². The van der Waals surface area contributed by atoms with Crippen LogP contribution in [0.25, 0.3) is 0 Å². The summed E-state index contributed by atoms with van der Waals surface area (Å²) in [4.78, 5) is 68.8. The number of ether oxygens (including phenoxy) is 4. The van der Waals surface area contributed by atoms with Crippen LogP contribution in [-0.2, 0) is 31.0 Å². The van der Waals surface area contributed by atoms with Crippen molar-refractivity contribution in [2.75, 3.05) is 21.3 Å². The molecule has 8 atom stereocenters. The maximum atomic E-state index is 14.5. The Morgan fingerprint density at radius 2 is 1.61 bits per heavy atom. The number of hydrogen-bond donors (Lipinski definition) is 6. The van der Waals surface area contributed by atoms with Crippen molar-refractivity contribution in [1.82, 2.24) is 5.32 Å². The molecule has 3 aliphatic carbocycles.